The lowest BCUT2D eigenvalue weighted by Crippen LogP contribution is -2.25. The van der Waals surface area contributed by atoms with Crippen molar-refractivity contribution >= 4 is 43.7 Å². The number of rotatable bonds is 2. The standard InChI is InChI=1S/C48H27NS/c49-28-30-27-43-47(50-30)38-21-8-10-25-41(38)48(43)40-24-9-7-20-37(40)46-39(23-12-26-42(46)48)45-35-18-5-3-16-33(35)44(34-17-4-6-19-36(34)45)32-22-11-14-29-13-1-2-15-31(29)32/h1-27H. The predicted octanol–water partition coefficient (Wildman–Crippen LogP) is 12.8. The number of fused-ring (bicyclic) bond motifs is 13. The van der Waals surface area contributed by atoms with Crippen LogP contribution in [0.1, 0.15) is 27.1 Å². The van der Waals surface area contributed by atoms with E-state index in [9.17, 15) is 5.26 Å². The molecule has 1 aromatic heterocycles. The molecule has 2 aliphatic rings. The Hall–Kier alpha value is -6.27. The SMILES string of the molecule is N#Cc1cc2c(s1)-c1ccccc1C21c2ccccc2-c2c(-c3c4ccccc4c(-c4cccc5ccccc45)c4ccccc34)cccc21. The van der Waals surface area contributed by atoms with Crippen LogP contribution >= 0.6 is 11.3 Å². The molecule has 50 heavy (non-hydrogen) atoms. The number of nitriles is 1. The Balaban J connectivity index is 1.29. The van der Waals surface area contributed by atoms with Crippen molar-refractivity contribution in [2.45, 2.75) is 5.41 Å². The van der Waals surface area contributed by atoms with Crippen LogP contribution in [-0.4, -0.2) is 0 Å². The smallest absolute Gasteiger partial charge is 0.110 e. The third kappa shape index (κ3) is 3.40. The first-order chi connectivity index (χ1) is 24.8. The van der Waals surface area contributed by atoms with Crippen molar-refractivity contribution in [2.75, 3.05) is 0 Å². The van der Waals surface area contributed by atoms with Crippen molar-refractivity contribution in [2.24, 2.45) is 0 Å². The summed E-state index contributed by atoms with van der Waals surface area (Å²) in [5.74, 6) is 0. The number of hydrogen-bond acceptors (Lipinski definition) is 2. The molecule has 8 aromatic carbocycles. The normalized spacial score (nSPS) is 15.3. The quantitative estimate of drug-likeness (QED) is 0.171. The number of hydrogen-bond donors (Lipinski definition) is 0. The van der Waals surface area contributed by atoms with Crippen LogP contribution in [0.4, 0.5) is 0 Å². The van der Waals surface area contributed by atoms with E-state index < -0.39 is 5.41 Å². The molecule has 1 spiro atoms. The molecule has 1 atom stereocenters. The van der Waals surface area contributed by atoms with Gasteiger partial charge < -0.3 is 0 Å². The molecule has 1 heterocycles. The topological polar surface area (TPSA) is 23.8 Å². The third-order valence-corrected chi connectivity index (χ3v) is 12.2. The van der Waals surface area contributed by atoms with Gasteiger partial charge in [-0.05, 0) is 99.6 Å². The molecule has 1 unspecified atom stereocenters. The number of thiophene rings is 1. The summed E-state index contributed by atoms with van der Waals surface area (Å²) in [5, 5.41) is 17.6. The van der Waals surface area contributed by atoms with Gasteiger partial charge in [0.15, 0.2) is 0 Å². The Morgan fingerprint density at radius 2 is 0.880 bits per heavy atom. The van der Waals surface area contributed by atoms with Gasteiger partial charge in [-0.1, -0.05) is 158 Å². The van der Waals surface area contributed by atoms with Crippen molar-refractivity contribution in [3.8, 4) is 49.9 Å². The molecular weight excluding hydrogens is 623 g/mol. The van der Waals surface area contributed by atoms with Crippen LogP contribution in [-0.2, 0) is 5.41 Å². The molecule has 2 heteroatoms. The Morgan fingerprint density at radius 3 is 1.58 bits per heavy atom. The minimum atomic E-state index is -0.492. The lowest BCUT2D eigenvalue weighted by atomic mass is 9.70. The second-order valence-electron chi connectivity index (χ2n) is 13.4. The fraction of sp³-hybridized carbons (Fsp3) is 0.0208. The molecule has 1 nitrogen and oxygen atoms in total. The van der Waals surface area contributed by atoms with Crippen LogP contribution in [0.5, 0.6) is 0 Å². The zero-order chi connectivity index (χ0) is 33.0. The fourth-order valence-corrected chi connectivity index (χ4v) is 10.4. The summed E-state index contributed by atoms with van der Waals surface area (Å²) in [6.45, 7) is 0. The minimum Gasteiger partial charge on any atom is -0.192 e. The van der Waals surface area contributed by atoms with Gasteiger partial charge in [0.05, 0.1) is 5.41 Å². The molecule has 0 radical (unpaired) electrons. The van der Waals surface area contributed by atoms with Gasteiger partial charge in [-0.2, -0.15) is 5.26 Å². The summed E-state index contributed by atoms with van der Waals surface area (Å²) >= 11 is 1.62. The molecule has 0 amide bonds. The fourth-order valence-electron chi connectivity index (χ4n) is 9.35. The zero-order valence-corrected chi connectivity index (χ0v) is 27.8. The highest BCUT2D eigenvalue weighted by molar-refractivity contribution is 7.16. The van der Waals surface area contributed by atoms with Crippen molar-refractivity contribution in [1.82, 2.24) is 0 Å². The van der Waals surface area contributed by atoms with E-state index in [0.29, 0.717) is 0 Å². The minimum absolute atomic E-state index is 0.492. The molecule has 11 rings (SSSR count). The molecule has 0 saturated carbocycles. The summed E-state index contributed by atoms with van der Waals surface area (Å²) < 4.78 is 0. The Kier molecular flexibility index (Phi) is 5.60. The monoisotopic (exact) mass is 649 g/mol. The van der Waals surface area contributed by atoms with Crippen molar-refractivity contribution in [3.63, 3.8) is 0 Å². The second-order valence-corrected chi connectivity index (χ2v) is 14.5. The van der Waals surface area contributed by atoms with Crippen LogP contribution in [0.2, 0.25) is 0 Å². The first-order valence-electron chi connectivity index (χ1n) is 17.1. The first kappa shape index (κ1) is 27.7. The summed E-state index contributed by atoms with van der Waals surface area (Å²) in [5.41, 5.74) is 13.4. The summed E-state index contributed by atoms with van der Waals surface area (Å²) in [6.07, 6.45) is 0. The van der Waals surface area contributed by atoms with E-state index in [1.807, 2.05) is 0 Å². The molecule has 230 valence electrons. The first-order valence-corrected chi connectivity index (χ1v) is 17.9. The second kappa shape index (κ2) is 10.1. The molecule has 0 saturated heterocycles. The van der Waals surface area contributed by atoms with Crippen LogP contribution in [0, 0.1) is 11.3 Å². The van der Waals surface area contributed by atoms with Gasteiger partial charge >= 0.3 is 0 Å². The van der Waals surface area contributed by atoms with E-state index in [1.54, 1.807) is 11.3 Å². The Labute approximate surface area is 294 Å². The van der Waals surface area contributed by atoms with Gasteiger partial charge in [0, 0.05) is 4.88 Å². The zero-order valence-electron chi connectivity index (χ0n) is 26.9. The number of benzene rings is 8. The third-order valence-electron chi connectivity index (χ3n) is 11.2. The molecule has 0 bridgehead atoms. The molecule has 2 aliphatic carbocycles. The van der Waals surface area contributed by atoms with E-state index in [-0.39, 0.29) is 0 Å². The van der Waals surface area contributed by atoms with Crippen molar-refractivity contribution in [1.29, 1.82) is 5.26 Å². The summed E-state index contributed by atoms with van der Waals surface area (Å²) in [6, 6.07) is 62.7. The maximum atomic E-state index is 10.1. The lowest BCUT2D eigenvalue weighted by molar-refractivity contribution is 0.795. The van der Waals surface area contributed by atoms with Gasteiger partial charge in [0.2, 0.25) is 0 Å². The van der Waals surface area contributed by atoms with Gasteiger partial charge in [-0.25, -0.2) is 0 Å². The Morgan fingerprint density at radius 1 is 0.400 bits per heavy atom. The van der Waals surface area contributed by atoms with Crippen LogP contribution in [0.25, 0.3) is 76.1 Å². The van der Waals surface area contributed by atoms with Gasteiger partial charge in [0.1, 0.15) is 10.9 Å². The number of nitrogens with zero attached hydrogens (tertiary/aromatic N) is 1. The highest BCUT2D eigenvalue weighted by atomic mass is 32.1. The molecular formula is C48H27NS. The average Bonchev–Trinajstić information content (AvgIpc) is 3.83. The van der Waals surface area contributed by atoms with Gasteiger partial charge in [-0.3, -0.25) is 0 Å². The van der Waals surface area contributed by atoms with E-state index in [2.05, 4.69) is 170 Å². The van der Waals surface area contributed by atoms with Gasteiger partial charge in [-0.15, -0.1) is 11.3 Å². The largest absolute Gasteiger partial charge is 0.192 e. The maximum Gasteiger partial charge on any atom is 0.110 e. The van der Waals surface area contributed by atoms with E-state index in [4.69, 9.17) is 0 Å². The predicted molar refractivity (Wildman–Crippen MR) is 209 cm³/mol. The van der Waals surface area contributed by atoms with Crippen molar-refractivity contribution in [3.05, 3.63) is 191 Å². The van der Waals surface area contributed by atoms with Gasteiger partial charge in [0.25, 0.3) is 0 Å². The Bertz CT molecular complexity index is 2890. The van der Waals surface area contributed by atoms with E-state index in [1.165, 1.54) is 98.4 Å². The summed E-state index contributed by atoms with van der Waals surface area (Å²) in [4.78, 5) is 1.97. The molecule has 9 aromatic rings. The summed E-state index contributed by atoms with van der Waals surface area (Å²) in [7, 11) is 0. The van der Waals surface area contributed by atoms with Crippen molar-refractivity contribution < 1.29 is 0 Å². The molecule has 0 N–H and O–H groups in total. The average molecular weight is 650 g/mol. The highest BCUT2D eigenvalue weighted by Gasteiger charge is 2.53. The van der Waals surface area contributed by atoms with E-state index >= 15 is 0 Å². The van der Waals surface area contributed by atoms with Crippen LogP contribution < -0.4 is 0 Å². The molecule has 0 fully saturated rings. The van der Waals surface area contributed by atoms with E-state index in [0.717, 1.165) is 4.88 Å². The molecule has 0 aliphatic heterocycles. The lowest BCUT2D eigenvalue weighted by Gasteiger charge is -2.30. The maximum absolute atomic E-state index is 10.1. The van der Waals surface area contributed by atoms with Crippen LogP contribution in [0.3, 0.4) is 0 Å². The van der Waals surface area contributed by atoms with Crippen LogP contribution in [0.15, 0.2) is 164 Å². The highest BCUT2D eigenvalue weighted by Crippen LogP contribution is 2.65.